The highest BCUT2D eigenvalue weighted by Gasteiger charge is 2.19. The molecule has 5 aromatic rings. The van der Waals surface area contributed by atoms with Crippen molar-refractivity contribution in [3.05, 3.63) is 102 Å². The number of hydrogen-bond acceptors (Lipinski definition) is 2. The fraction of sp³-hybridized carbons (Fsp3) is 0.194. The molecule has 0 N–H and O–H groups in total. The first-order valence-electron chi connectivity index (χ1n) is 11.7. The molecule has 0 amide bonds. The Kier molecular flexibility index (Phi) is 5.60. The molecule has 0 aliphatic carbocycles. The molecule has 164 valence electrons. The van der Waals surface area contributed by atoms with Crippen molar-refractivity contribution in [1.29, 1.82) is 0 Å². The third kappa shape index (κ3) is 4.09. The summed E-state index contributed by atoms with van der Waals surface area (Å²) in [6.07, 6.45) is 1.86. The lowest BCUT2D eigenvalue weighted by Gasteiger charge is -2.17. The molecule has 0 atom stereocenters. The van der Waals surface area contributed by atoms with Crippen LogP contribution in [0.2, 0.25) is 0 Å². The molecule has 0 spiro atoms. The molecule has 2 heterocycles. The second-order valence-corrected chi connectivity index (χ2v) is 9.29. The number of rotatable bonds is 5. The molecule has 0 aliphatic heterocycles. The predicted octanol–water partition coefficient (Wildman–Crippen LogP) is 9.08. The summed E-state index contributed by atoms with van der Waals surface area (Å²) >= 11 is 0. The fourth-order valence-corrected chi connectivity index (χ4v) is 4.55. The van der Waals surface area contributed by atoms with Crippen molar-refractivity contribution in [2.24, 2.45) is 0 Å². The topological polar surface area (TPSA) is 26.0 Å². The molecule has 0 saturated heterocycles. The summed E-state index contributed by atoms with van der Waals surface area (Å²) in [6, 6.07) is 29.9. The van der Waals surface area contributed by atoms with Crippen molar-refractivity contribution in [2.45, 2.75) is 39.5 Å². The summed E-state index contributed by atoms with van der Waals surface area (Å²) in [5.41, 5.74) is 9.15. The van der Waals surface area contributed by atoms with Crippen molar-refractivity contribution in [3.63, 3.8) is 0 Å². The molecule has 2 heteroatoms. The zero-order valence-corrected chi connectivity index (χ0v) is 19.7. The van der Waals surface area contributed by atoms with Gasteiger partial charge < -0.3 is 4.42 Å². The van der Waals surface area contributed by atoms with Crippen LogP contribution in [0.25, 0.3) is 44.7 Å². The zero-order chi connectivity index (χ0) is 22.9. The molecule has 0 bridgehead atoms. The Labute approximate surface area is 195 Å². The second kappa shape index (κ2) is 8.71. The standard InChI is InChI=1S/C31H29NO/c1-20(2)26-14-9-15-27(21(3)4)31(26)29-18-25-17-28(32-19-30(25)33-29)24-13-8-12-23(16-24)22-10-6-5-7-11-22/h5-21H,1-4H3. The van der Waals surface area contributed by atoms with Crippen molar-refractivity contribution in [1.82, 2.24) is 4.98 Å². The Morgan fingerprint density at radius 3 is 1.97 bits per heavy atom. The molecule has 2 nitrogen and oxygen atoms in total. The Morgan fingerprint density at radius 2 is 1.27 bits per heavy atom. The van der Waals surface area contributed by atoms with Crippen LogP contribution in [0.3, 0.4) is 0 Å². The van der Waals surface area contributed by atoms with Gasteiger partial charge in [-0.25, -0.2) is 0 Å². The summed E-state index contributed by atoms with van der Waals surface area (Å²) in [5.74, 6) is 1.76. The van der Waals surface area contributed by atoms with Crippen molar-refractivity contribution in [3.8, 4) is 33.7 Å². The van der Waals surface area contributed by atoms with Crippen LogP contribution in [0.4, 0.5) is 0 Å². The molecular weight excluding hydrogens is 402 g/mol. The number of pyridine rings is 1. The summed E-state index contributed by atoms with van der Waals surface area (Å²) in [6.45, 7) is 8.96. The minimum atomic E-state index is 0.418. The quantitative estimate of drug-likeness (QED) is 0.277. The Bertz CT molecular complexity index is 1380. The van der Waals surface area contributed by atoms with Crippen LogP contribution in [0.15, 0.2) is 95.5 Å². The minimum Gasteiger partial charge on any atom is -0.454 e. The van der Waals surface area contributed by atoms with Crippen LogP contribution >= 0.6 is 0 Å². The van der Waals surface area contributed by atoms with Gasteiger partial charge in [-0.3, -0.25) is 4.98 Å². The van der Waals surface area contributed by atoms with E-state index in [1.54, 1.807) is 0 Å². The Morgan fingerprint density at radius 1 is 0.636 bits per heavy atom. The van der Waals surface area contributed by atoms with E-state index in [2.05, 4.69) is 107 Å². The van der Waals surface area contributed by atoms with Crippen molar-refractivity contribution in [2.75, 3.05) is 0 Å². The van der Waals surface area contributed by atoms with Gasteiger partial charge >= 0.3 is 0 Å². The van der Waals surface area contributed by atoms with Crippen LogP contribution < -0.4 is 0 Å². The number of nitrogens with zero attached hydrogens (tertiary/aromatic N) is 1. The second-order valence-electron chi connectivity index (χ2n) is 9.29. The van der Waals surface area contributed by atoms with Crippen molar-refractivity contribution >= 4 is 11.0 Å². The zero-order valence-electron chi connectivity index (χ0n) is 19.7. The van der Waals surface area contributed by atoms with Crippen LogP contribution in [0, 0.1) is 0 Å². The van der Waals surface area contributed by atoms with Crippen LogP contribution in [-0.2, 0) is 0 Å². The average Bonchev–Trinajstić information content (AvgIpc) is 3.27. The first-order chi connectivity index (χ1) is 16.0. The largest absolute Gasteiger partial charge is 0.454 e. The van der Waals surface area contributed by atoms with Gasteiger partial charge in [0.05, 0.1) is 11.9 Å². The number of fused-ring (bicyclic) bond motifs is 1. The molecular formula is C31H29NO. The first-order valence-corrected chi connectivity index (χ1v) is 11.7. The highest BCUT2D eigenvalue weighted by molar-refractivity contribution is 5.87. The van der Waals surface area contributed by atoms with Gasteiger partial charge in [-0.2, -0.15) is 0 Å². The molecule has 0 aliphatic rings. The van der Waals surface area contributed by atoms with E-state index < -0.39 is 0 Å². The van der Waals surface area contributed by atoms with Gasteiger partial charge in [0.25, 0.3) is 0 Å². The highest BCUT2D eigenvalue weighted by atomic mass is 16.3. The maximum absolute atomic E-state index is 6.36. The summed E-state index contributed by atoms with van der Waals surface area (Å²) in [7, 11) is 0. The third-order valence-corrected chi connectivity index (χ3v) is 6.29. The lowest BCUT2D eigenvalue weighted by atomic mass is 9.87. The van der Waals surface area contributed by atoms with Crippen LogP contribution in [0.5, 0.6) is 0 Å². The molecule has 33 heavy (non-hydrogen) atoms. The lowest BCUT2D eigenvalue weighted by Crippen LogP contribution is -1.98. The average molecular weight is 432 g/mol. The maximum Gasteiger partial charge on any atom is 0.153 e. The van der Waals surface area contributed by atoms with Crippen LogP contribution in [-0.4, -0.2) is 4.98 Å². The van der Waals surface area contributed by atoms with E-state index >= 15 is 0 Å². The van der Waals surface area contributed by atoms with Gasteiger partial charge in [0.15, 0.2) is 5.58 Å². The van der Waals surface area contributed by atoms with Crippen molar-refractivity contribution < 1.29 is 4.42 Å². The highest BCUT2D eigenvalue weighted by Crippen LogP contribution is 2.39. The van der Waals surface area contributed by atoms with E-state index in [0.717, 1.165) is 28.0 Å². The third-order valence-electron chi connectivity index (χ3n) is 6.29. The molecule has 2 aromatic heterocycles. The summed E-state index contributed by atoms with van der Waals surface area (Å²) in [5, 5.41) is 1.08. The molecule has 0 saturated carbocycles. The van der Waals surface area contributed by atoms with Gasteiger partial charge in [0.2, 0.25) is 0 Å². The Balaban J connectivity index is 1.60. The van der Waals surface area contributed by atoms with E-state index in [0.29, 0.717) is 11.8 Å². The predicted molar refractivity (Wildman–Crippen MR) is 138 cm³/mol. The molecule has 3 aromatic carbocycles. The number of furan rings is 1. The summed E-state index contributed by atoms with van der Waals surface area (Å²) < 4.78 is 6.36. The Hall–Kier alpha value is -3.65. The van der Waals surface area contributed by atoms with E-state index in [9.17, 15) is 0 Å². The molecule has 0 radical (unpaired) electrons. The summed E-state index contributed by atoms with van der Waals surface area (Å²) in [4.78, 5) is 4.74. The van der Waals surface area contributed by atoms with Gasteiger partial charge in [0.1, 0.15) is 5.76 Å². The van der Waals surface area contributed by atoms with E-state index in [4.69, 9.17) is 9.40 Å². The maximum atomic E-state index is 6.36. The SMILES string of the molecule is CC(C)c1cccc(C(C)C)c1-c1cc2cc(-c3cccc(-c4ccccc4)c3)ncc2o1. The molecule has 0 fully saturated rings. The normalized spacial score (nSPS) is 11.6. The van der Waals surface area contributed by atoms with E-state index in [1.165, 1.54) is 27.8 Å². The lowest BCUT2D eigenvalue weighted by molar-refractivity contribution is 0.625. The minimum absolute atomic E-state index is 0.418. The van der Waals surface area contributed by atoms with Gasteiger partial charge in [0, 0.05) is 16.5 Å². The van der Waals surface area contributed by atoms with Crippen LogP contribution in [0.1, 0.15) is 50.7 Å². The monoisotopic (exact) mass is 431 g/mol. The molecule has 5 rings (SSSR count). The number of benzene rings is 3. The smallest absolute Gasteiger partial charge is 0.153 e. The van der Waals surface area contributed by atoms with E-state index in [-0.39, 0.29) is 0 Å². The number of aromatic nitrogens is 1. The van der Waals surface area contributed by atoms with Gasteiger partial charge in [-0.15, -0.1) is 0 Å². The fourth-order valence-electron chi connectivity index (χ4n) is 4.55. The van der Waals surface area contributed by atoms with E-state index in [1.807, 2.05) is 12.3 Å². The first kappa shape index (κ1) is 21.2. The number of hydrogen-bond donors (Lipinski definition) is 0. The molecule has 0 unspecified atom stereocenters. The van der Waals surface area contributed by atoms with Gasteiger partial charge in [-0.1, -0.05) is 94.4 Å². The van der Waals surface area contributed by atoms with Gasteiger partial charge in [-0.05, 0) is 52.3 Å².